The second-order valence-corrected chi connectivity index (χ2v) is 4.36. The molecule has 1 aromatic heterocycles. The van der Waals surface area contributed by atoms with Crippen LogP contribution in [0.2, 0.25) is 0 Å². The van der Waals surface area contributed by atoms with Gasteiger partial charge < -0.3 is 0 Å². The number of nitrogens with zero attached hydrogens (tertiary/aromatic N) is 4. The first-order valence-corrected chi connectivity index (χ1v) is 5.95. The number of hydrazone groups is 1. The Labute approximate surface area is 116 Å². The molecule has 2 rings (SSSR count). The van der Waals surface area contributed by atoms with E-state index >= 15 is 0 Å². The fraction of sp³-hybridized carbons (Fsp3) is 0. The Bertz CT molecular complexity index is 597. The quantitative estimate of drug-likeness (QED) is 0.530. The zero-order chi connectivity index (χ0) is 13.7. The molecule has 0 fully saturated rings. The Morgan fingerprint density at radius 2 is 1.89 bits per heavy atom. The van der Waals surface area contributed by atoms with Gasteiger partial charge in [0, 0.05) is 24.5 Å². The highest BCUT2D eigenvalue weighted by Gasteiger charge is 2.02. The van der Waals surface area contributed by atoms with Gasteiger partial charge in [0.2, 0.25) is 5.95 Å². The number of aromatic nitrogens is 2. The van der Waals surface area contributed by atoms with Crippen LogP contribution in [0.5, 0.6) is 0 Å². The van der Waals surface area contributed by atoms with Gasteiger partial charge in [0.15, 0.2) is 0 Å². The van der Waals surface area contributed by atoms with Gasteiger partial charge >= 0.3 is 0 Å². The molecule has 0 spiro atoms. The zero-order valence-electron chi connectivity index (χ0n) is 9.52. The van der Waals surface area contributed by atoms with Gasteiger partial charge in [-0.15, -0.1) is 0 Å². The van der Waals surface area contributed by atoms with E-state index < -0.39 is 4.92 Å². The summed E-state index contributed by atoms with van der Waals surface area (Å²) in [7, 11) is 0. The highest BCUT2D eigenvalue weighted by molar-refractivity contribution is 9.10. The lowest BCUT2D eigenvalue weighted by molar-refractivity contribution is -0.384. The number of hydrogen-bond donors (Lipinski definition) is 1. The number of benzene rings is 1. The minimum absolute atomic E-state index is 0.0429. The smallest absolute Gasteiger partial charge is 0.258 e. The Morgan fingerprint density at radius 1 is 1.26 bits per heavy atom. The van der Waals surface area contributed by atoms with Crippen LogP contribution in [0.3, 0.4) is 0 Å². The first-order valence-electron chi connectivity index (χ1n) is 5.16. The first-order chi connectivity index (χ1) is 9.15. The largest absolute Gasteiger partial charge is 0.269 e. The molecule has 0 saturated heterocycles. The van der Waals surface area contributed by atoms with Crippen molar-refractivity contribution < 1.29 is 4.92 Å². The van der Waals surface area contributed by atoms with Crippen molar-refractivity contribution in [2.24, 2.45) is 5.10 Å². The summed E-state index contributed by atoms with van der Waals surface area (Å²) in [6.07, 6.45) is 4.71. The van der Waals surface area contributed by atoms with Gasteiger partial charge in [-0.25, -0.2) is 15.4 Å². The molecule has 8 heteroatoms. The predicted molar refractivity (Wildman–Crippen MR) is 74.0 cm³/mol. The zero-order valence-corrected chi connectivity index (χ0v) is 11.1. The van der Waals surface area contributed by atoms with Crippen molar-refractivity contribution in [3.63, 3.8) is 0 Å². The molecule has 7 nitrogen and oxygen atoms in total. The van der Waals surface area contributed by atoms with E-state index in [0.29, 0.717) is 5.95 Å². The van der Waals surface area contributed by atoms with Crippen LogP contribution in [-0.4, -0.2) is 21.1 Å². The number of nitro benzene ring substituents is 1. The molecule has 0 unspecified atom stereocenters. The lowest BCUT2D eigenvalue weighted by Crippen LogP contribution is -1.96. The minimum atomic E-state index is -0.450. The Balaban J connectivity index is 1.98. The van der Waals surface area contributed by atoms with Crippen LogP contribution >= 0.6 is 15.9 Å². The van der Waals surface area contributed by atoms with E-state index in [2.05, 4.69) is 36.4 Å². The maximum absolute atomic E-state index is 10.5. The molecule has 0 aliphatic carbocycles. The standard InChI is InChI=1S/C11H8BrN5O2/c12-9-6-13-11(14-7-9)16-15-5-8-1-3-10(4-2-8)17(18)19/h1-7H,(H,13,14,16). The second-order valence-electron chi connectivity index (χ2n) is 3.44. The molecule has 96 valence electrons. The Morgan fingerprint density at radius 3 is 2.47 bits per heavy atom. The summed E-state index contributed by atoms with van der Waals surface area (Å²) in [5.74, 6) is 0.362. The van der Waals surface area contributed by atoms with Crippen molar-refractivity contribution >= 4 is 33.8 Å². The second kappa shape index (κ2) is 6.01. The van der Waals surface area contributed by atoms with Gasteiger partial charge in [0.25, 0.3) is 5.69 Å². The predicted octanol–water partition coefficient (Wildman–Crippen LogP) is 2.59. The third-order valence-corrected chi connectivity index (χ3v) is 2.51. The molecule has 1 heterocycles. The van der Waals surface area contributed by atoms with Crippen molar-refractivity contribution in [2.75, 3.05) is 5.43 Å². The SMILES string of the molecule is O=[N+]([O-])c1ccc(C=NNc2ncc(Br)cn2)cc1. The van der Waals surface area contributed by atoms with Crippen LogP contribution in [0, 0.1) is 10.1 Å². The van der Waals surface area contributed by atoms with Crippen molar-refractivity contribution in [1.82, 2.24) is 9.97 Å². The van der Waals surface area contributed by atoms with E-state index in [1.54, 1.807) is 24.5 Å². The highest BCUT2D eigenvalue weighted by Crippen LogP contribution is 2.10. The molecule has 0 bridgehead atoms. The molecule has 0 aliphatic heterocycles. The van der Waals surface area contributed by atoms with Crippen LogP contribution < -0.4 is 5.43 Å². The van der Waals surface area contributed by atoms with E-state index in [4.69, 9.17) is 0 Å². The van der Waals surface area contributed by atoms with E-state index in [9.17, 15) is 10.1 Å². The van der Waals surface area contributed by atoms with Crippen molar-refractivity contribution in [1.29, 1.82) is 0 Å². The van der Waals surface area contributed by atoms with Crippen LogP contribution in [0.15, 0.2) is 46.2 Å². The summed E-state index contributed by atoms with van der Waals surface area (Å²) in [6.45, 7) is 0. The van der Waals surface area contributed by atoms with Crippen molar-refractivity contribution in [3.8, 4) is 0 Å². The minimum Gasteiger partial charge on any atom is -0.258 e. The topological polar surface area (TPSA) is 93.3 Å². The first kappa shape index (κ1) is 13.1. The van der Waals surface area contributed by atoms with Gasteiger partial charge in [-0.05, 0) is 33.6 Å². The summed E-state index contributed by atoms with van der Waals surface area (Å²) >= 11 is 3.22. The van der Waals surface area contributed by atoms with Crippen LogP contribution in [0.4, 0.5) is 11.6 Å². The highest BCUT2D eigenvalue weighted by atomic mass is 79.9. The summed E-state index contributed by atoms with van der Waals surface area (Å²) < 4.78 is 0.775. The summed E-state index contributed by atoms with van der Waals surface area (Å²) in [5, 5.41) is 14.4. The summed E-state index contributed by atoms with van der Waals surface area (Å²) in [4.78, 5) is 18.0. The molecule has 0 atom stereocenters. The van der Waals surface area contributed by atoms with Gasteiger partial charge in [0.1, 0.15) is 0 Å². The molecule has 1 N–H and O–H groups in total. The summed E-state index contributed by atoms with van der Waals surface area (Å²) in [5.41, 5.74) is 3.42. The van der Waals surface area contributed by atoms with E-state index in [0.717, 1.165) is 10.0 Å². The molecule has 0 saturated carbocycles. The number of nitrogens with one attached hydrogen (secondary N) is 1. The van der Waals surface area contributed by atoms with Gasteiger partial charge in [-0.3, -0.25) is 10.1 Å². The third-order valence-electron chi connectivity index (χ3n) is 2.10. The van der Waals surface area contributed by atoms with Crippen LogP contribution in [-0.2, 0) is 0 Å². The van der Waals surface area contributed by atoms with Gasteiger partial charge in [-0.2, -0.15) is 5.10 Å². The molecule has 1 aromatic carbocycles. The number of nitro groups is 1. The average molecular weight is 322 g/mol. The molecule has 0 aliphatic rings. The summed E-state index contributed by atoms with van der Waals surface area (Å²) in [6, 6.07) is 6.03. The van der Waals surface area contributed by atoms with E-state index in [-0.39, 0.29) is 5.69 Å². The normalized spacial score (nSPS) is 10.6. The molecule has 2 aromatic rings. The lowest BCUT2D eigenvalue weighted by Gasteiger charge is -1.97. The number of rotatable bonds is 4. The Kier molecular flexibility index (Phi) is 4.14. The maximum atomic E-state index is 10.5. The van der Waals surface area contributed by atoms with Crippen molar-refractivity contribution in [2.45, 2.75) is 0 Å². The van der Waals surface area contributed by atoms with Crippen LogP contribution in [0.1, 0.15) is 5.56 Å². The average Bonchev–Trinajstić information content (AvgIpc) is 2.41. The molecule has 0 amide bonds. The van der Waals surface area contributed by atoms with Crippen LogP contribution in [0.25, 0.3) is 0 Å². The third kappa shape index (κ3) is 3.81. The number of non-ortho nitro benzene ring substituents is 1. The fourth-order valence-corrected chi connectivity index (χ4v) is 1.42. The van der Waals surface area contributed by atoms with E-state index in [1.807, 2.05) is 0 Å². The number of anilines is 1. The van der Waals surface area contributed by atoms with E-state index in [1.165, 1.54) is 18.3 Å². The molecular formula is C11H8BrN5O2. The van der Waals surface area contributed by atoms with Gasteiger partial charge in [0.05, 0.1) is 15.6 Å². The monoisotopic (exact) mass is 321 g/mol. The number of hydrogen-bond acceptors (Lipinski definition) is 6. The number of halogens is 1. The lowest BCUT2D eigenvalue weighted by atomic mass is 10.2. The van der Waals surface area contributed by atoms with Crippen molar-refractivity contribution in [3.05, 3.63) is 56.8 Å². The molecular weight excluding hydrogens is 314 g/mol. The van der Waals surface area contributed by atoms with Gasteiger partial charge in [-0.1, -0.05) is 0 Å². The fourth-order valence-electron chi connectivity index (χ4n) is 1.22. The maximum Gasteiger partial charge on any atom is 0.269 e. The molecule has 0 radical (unpaired) electrons. The molecule has 19 heavy (non-hydrogen) atoms. The Hall–Kier alpha value is -2.35.